The van der Waals surface area contributed by atoms with Gasteiger partial charge in [0, 0.05) is 18.8 Å². The average molecular weight is 356 g/mol. The summed E-state index contributed by atoms with van der Waals surface area (Å²) in [4.78, 5) is 16.3. The number of amides is 1. The number of benzene rings is 1. The van der Waals surface area contributed by atoms with Crippen molar-refractivity contribution in [2.75, 3.05) is 51.4 Å². The third kappa shape index (κ3) is 6.59. The Labute approximate surface area is 146 Å². The van der Waals surface area contributed by atoms with Crippen LogP contribution in [0.5, 0.6) is 0 Å². The van der Waals surface area contributed by atoms with Crippen LogP contribution < -0.4 is 4.90 Å². The number of nitrogens with zero attached hydrogens (tertiary/aromatic N) is 3. The lowest BCUT2D eigenvalue weighted by Crippen LogP contribution is -2.43. The van der Waals surface area contributed by atoms with Crippen LogP contribution in [0.25, 0.3) is 0 Å². The van der Waals surface area contributed by atoms with E-state index in [1.54, 1.807) is 4.90 Å². The van der Waals surface area contributed by atoms with Gasteiger partial charge in [0.15, 0.2) is 0 Å². The maximum absolute atomic E-state index is 12.6. The predicted octanol–water partition coefficient (Wildman–Crippen LogP) is 1.56. The molecule has 0 unspecified atom stereocenters. The zero-order valence-electron chi connectivity index (χ0n) is 15.3. The quantitative estimate of drug-likeness (QED) is 0.674. The van der Waals surface area contributed by atoms with Crippen LogP contribution in [0, 0.1) is 6.92 Å². The number of likely N-dealkylation sites (N-methyl/N-ethyl adjacent to an activating group) is 1. The minimum atomic E-state index is -3.42. The maximum atomic E-state index is 12.6. The molecule has 0 aliphatic heterocycles. The third-order valence-corrected chi connectivity index (χ3v) is 4.97. The van der Waals surface area contributed by atoms with Crippen molar-refractivity contribution in [3.63, 3.8) is 0 Å². The summed E-state index contributed by atoms with van der Waals surface area (Å²) < 4.78 is 25.2. The molecule has 0 heterocycles. The second-order valence-corrected chi connectivity index (χ2v) is 8.21. The SMILES string of the molecule is CCN(C(=O)CN(CCCN(C)C)S(C)(=O)=O)c1cccc(C)c1. The summed E-state index contributed by atoms with van der Waals surface area (Å²) in [5, 5.41) is 0. The van der Waals surface area contributed by atoms with Gasteiger partial charge in [-0.25, -0.2) is 8.42 Å². The molecule has 1 amide bonds. The normalized spacial score (nSPS) is 12.0. The molecule has 0 radical (unpaired) electrons. The van der Waals surface area contributed by atoms with E-state index in [4.69, 9.17) is 0 Å². The minimum Gasteiger partial charge on any atom is -0.312 e. The van der Waals surface area contributed by atoms with Crippen molar-refractivity contribution < 1.29 is 13.2 Å². The zero-order valence-corrected chi connectivity index (χ0v) is 16.1. The lowest BCUT2D eigenvalue weighted by atomic mass is 10.2. The smallest absolute Gasteiger partial charge is 0.242 e. The minimum absolute atomic E-state index is 0.131. The lowest BCUT2D eigenvalue weighted by Gasteiger charge is -2.26. The van der Waals surface area contributed by atoms with E-state index in [1.165, 1.54) is 4.31 Å². The topological polar surface area (TPSA) is 60.9 Å². The van der Waals surface area contributed by atoms with Gasteiger partial charge in [0.2, 0.25) is 15.9 Å². The molecule has 0 saturated carbocycles. The maximum Gasteiger partial charge on any atom is 0.242 e. The van der Waals surface area contributed by atoms with Crippen molar-refractivity contribution in [2.45, 2.75) is 20.3 Å². The molecule has 24 heavy (non-hydrogen) atoms. The fraction of sp³-hybridized carbons (Fsp3) is 0.588. The predicted molar refractivity (Wildman–Crippen MR) is 98.8 cm³/mol. The highest BCUT2D eigenvalue weighted by molar-refractivity contribution is 7.88. The van der Waals surface area contributed by atoms with E-state index in [0.717, 1.165) is 24.1 Å². The van der Waals surface area contributed by atoms with Gasteiger partial charge in [0.25, 0.3) is 0 Å². The molecule has 0 spiro atoms. The second kappa shape index (κ2) is 9.15. The number of carbonyl (C=O) groups is 1. The summed E-state index contributed by atoms with van der Waals surface area (Å²) in [5.41, 5.74) is 1.86. The first-order valence-corrected chi connectivity index (χ1v) is 9.97. The first kappa shape index (κ1) is 20.6. The van der Waals surface area contributed by atoms with Crippen molar-refractivity contribution in [3.8, 4) is 0 Å². The molecule has 0 aromatic heterocycles. The Kier molecular flexibility index (Phi) is 7.86. The number of rotatable bonds is 9. The van der Waals surface area contributed by atoms with Crippen molar-refractivity contribution in [3.05, 3.63) is 29.8 Å². The Morgan fingerprint density at radius 2 is 1.83 bits per heavy atom. The fourth-order valence-electron chi connectivity index (χ4n) is 2.46. The Balaban J connectivity index is 2.85. The monoisotopic (exact) mass is 355 g/mol. The van der Waals surface area contributed by atoms with Gasteiger partial charge in [-0.15, -0.1) is 0 Å². The van der Waals surface area contributed by atoms with E-state index in [-0.39, 0.29) is 12.5 Å². The molecule has 1 aromatic carbocycles. The molecule has 0 aliphatic carbocycles. The summed E-state index contributed by atoms with van der Waals surface area (Å²) in [7, 11) is 0.451. The van der Waals surface area contributed by atoms with Crippen LogP contribution in [0.4, 0.5) is 5.69 Å². The lowest BCUT2D eigenvalue weighted by molar-refractivity contribution is -0.118. The molecule has 0 fully saturated rings. The van der Waals surface area contributed by atoms with Gasteiger partial charge in [-0.3, -0.25) is 4.79 Å². The average Bonchev–Trinajstić information content (AvgIpc) is 2.45. The van der Waals surface area contributed by atoms with Crippen LogP contribution in [-0.2, 0) is 14.8 Å². The summed E-state index contributed by atoms with van der Waals surface area (Å²) in [5.74, 6) is -0.210. The highest BCUT2D eigenvalue weighted by Crippen LogP contribution is 2.16. The molecule has 1 rings (SSSR count). The Morgan fingerprint density at radius 1 is 1.17 bits per heavy atom. The highest BCUT2D eigenvalue weighted by Gasteiger charge is 2.23. The second-order valence-electron chi connectivity index (χ2n) is 6.23. The molecule has 136 valence electrons. The molecule has 6 nitrogen and oxygen atoms in total. The molecule has 7 heteroatoms. The van der Waals surface area contributed by atoms with Crippen molar-refractivity contribution >= 4 is 21.6 Å². The summed E-state index contributed by atoms with van der Waals surface area (Å²) >= 11 is 0. The number of hydrogen-bond donors (Lipinski definition) is 0. The third-order valence-electron chi connectivity index (χ3n) is 3.72. The van der Waals surface area contributed by atoms with Gasteiger partial charge >= 0.3 is 0 Å². The molecule has 0 bridgehead atoms. The number of carbonyl (C=O) groups excluding carboxylic acids is 1. The van der Waals surface area contributed by atoms with Crippen LogP contribution in [0.2, 0.25) is 0 Å². The zero-order chi connectivity index (χ0) is 18.3. The van der Waals surface area contributed by atoms with Crippen molar-refractivity contribution in [1.82, 2.24) is 9.21 Å². The molecule has 0 N–H and O–H groups in total. The van der Waals surface area contributed by atoms with E-state index >= 15 is 0 Å². The van der Waals surface area contributed by atoms with E-state index in [0.29, 0.717) is 19.5 Å². The van der Waals surface area contributed by atoms with Gasteiger partial charge in [-0.05, 0) is 58.6 Å². The van der Waals surface area contributed by atoms with Gasteiger partial charge in [-0.1, -0.05) is 12.1 Å². The molecular formula is C17H29N3O3S. The largest absolute Gasteiger partial charge is 0.312 e. The molecule has 0 aliphatic rings. The van der Waals surface area contributed by atoms with Gasteiger partial charge in [-0.2, -0.15) is 4.31 Å². The Hall–Kier alpha value is -1.44. The van der Waals surface area contributed by atoms with Crippen LogP contribution >= 0.6 is 0 Å². The number of sulfonamides is 1. The standard InChI is InChI=1S/C17H29N3O3S/c1-6-20(16-10-7-9-15(2)13-16)17(21)14-19(24(5,22)23)12-8-11-18(3)4/h7,9-10,13H,6,8,11-12,14H2,1-5H3. The number of anilines is 1. The first-order chi connectivity index (χ1) is 11.1. The highest BCUT2D eigenvalue weighted by atomic mass is 32.2. The van der Waals surface area contributed by atoms with Crippen LogP contribution in [0.1, 0.15) is 18.9 Å². The Bertz CT molecular complexity index is 644. The summed E-state index contributed by atoms with van der Waals surface area (Å²) in [6.45, 7) is 5.33. The first-order valence-electron chi connectivity index (χ1n) is 8.12. The molecule has 0 saturated heterocycles. The van der Waals surface area contributed by atoms with E-state index in [1.807, 2.05) is 57.1 Å². The fourth-order valence-corrected chi connectivity index (χ4v) is 3.27. The van der Waals surface area contributed by atoms with E-state index < -0.39 is 10.0 Å². The van der Waals surface area contributed by atoms with Crippen LogP contribution in [0.3, 0.4) is 0 Å². The van der Waals surface area contributed by atoms with Crippen molar-refractivity contribution in [2.24, 2.45) is 0 Å². The van der Waals surface area contributed by atoms with E-state index in [2.05, 4.69) is 0 Å². The van der Waals surface area contributed by atoms with Gasteiger partial charge in [0.1, 0.15) is 0 Å². The number of hydrogen-bond acceptors (Lipinski definition) is 4. The van der Waals surface area contributed by atoms with Crippen molar-refractivity contribution in [1.29, 1.82) is 0 Å². The van der Waals surface area contributed by atoms with Crippen LogP contribution in [-0.4, -0.2) is 70.1 Å². The molecular weight excluding hydrogens is 326 g/mol. The summed E-state index contributed by atoms with van der Waals surface area (Å²) in [6, 6.07) is 7.65. The van der Waals surface area contributed by atoms with E-state index in [9.17, 15) is 13.2 Å². The number of aryl methyl sites for hydroxylation is 1. The molecule has 1 aromatic rings. The van der Waals surface area contributed by atoms with Crippen LogP contribution in [0.15, 0.2) is 24.3 Å². The van der Waals surface area contributed by atoms with Gasteiger partial charge in [0.05, 0.1) is 12.8 Å². The Morgan fingerprint density at radius 3 is 2.33 bits per heavy atom. The van der Waals surface area contributed by atoms with Gasteiger partial charge < -0.3 is 9.80 Å². The molecule has 0 atom stereocenters. The summed E-state index contributed by atoms with van der Waals surface area (Å²) in [6.07, 6.45) is 1.84.